The molecular weight excluding hydrogens is 385 g/mol. The Balaban J connectivity index is 1.70. The second-order valence-corrected chi connectivity index (χ2v) is 7.78. The molecule has 0 radical (unpaired) electrons. The molecule has 3 aromatic heterocycles. The van der Waals surface area contributed by atoms with Crippen LogP contribution in [-0.4, -0.2) is 30.7 Å². The minimum Gasteiger partial charge on any atom is -0.351 e. The molecule has 0 saturated heterocycles. The molecule has 0 amide bonds. The third-order valence-corrected chi connectivity index (χ3v) is 4.94. The molecule has 10 heteroatoms. The van der Waals surface area contributed by atoms with Gasteiger partial charge in [-0.2, -0.15) is 18.2 Å². The fourth-order valence-electron chi connectivity index (χ4n) is 3.58. The summed E-state index contributed by atoms with van der Waals surface area (Å²) in [5.41, 5.74) is 0.962. The fraction of sp³-hybridized carbons (Fsp3) is 0.474. The van der Waals surface area contributed by atoms with E-state index in [1.54, 1.807) is 6.20 Å². The van der Waals surface area contributed by atoms with E-state index in [0.717, 1.165) is 17.8 Å². The van der Waals surface area contributed by atoms with Crippen molar-refractivity contribution in [2.45, 2.75) is 46.5 Å². The highest BCUT2D eigenvalue weighted by Gasteiger charge is 2.32. The van der Waals surface area contributed by atoms with Crippen LogP contribution in [0.15, 0.2) is 23.3 Å². The van der Waals surface area contributed by atoms with E-state index < -0.39 is 11.7 Å². The number of aryl methyl sites for hydroxylation is 1. The molecule has 4 heterocycles. The minimum atomic E-state index is -4.43. The molecule has 1 aliphatic heterocycles. The quantitative estimate of drug-likeness (QED) is 0.669. The molecule has 0 fully saturated rings. The van der Waals surface area contributed by atoms with Crippen LogP contribution in [0.4, 0.5) is 19.0 Å². The number of pyridine rings is 1. The maximum absolute atomic E-state index is 13.0. The molecule has 0 aromatic carbocycles. The van der Waals surface area contributed by atoms with E-state index in [1.807, 2.05) is 25.7 Å². The number of nitrogens with zero attached hydrogens (tertiary/aromatic N) is 6. The zero-order valence-corrected chi connectivity index (χ0v) is 16.4. The number of aromatic nitrogens is 5. The molecule has 29 heavy (non-hydrogen) atoms. The first kappa shape index (κ1) is 19.4. The van der Waals surface area contributed by atoms with Gasteiger partial charge < -0.3 is 4.90 Å². The monoisotopic (exact) mass is 406 g/mol. The predicted octanol–water partition coefficient (Wildman–Crippen LogP) is 2.83. The Kier molecular flexibility index (Phi) is 4.59. The standard InChI is InChI=1S/C19H21F3N6O/c1-11(2)8-28-18(29)27-9-12(3)16(24-17(27)25-28)26-5-4-15-13(10-26)6-14(7-23-15)19(20,21)22/h6-7,9,11H,4-5,8,10H2,1-3H3. The largest absolute Gasteiger partial charge is 0.417 e. The van der Waals surface area contributed by atoms with Crippen LogP contribution in [-0.2, 0) is 25.7 Å². The highest BCUT2D eigenvalue weighted by molar-refractivity contribution is 5.52. The van der Waals surface area contributed by atoms with Gasteiger partial charge in [0.25, 0.3) is 5.78 Å². The zero-order valence-electron chi connectivity index (χ0n) is 16.4. The number of anilines is 1. The van der Waals surface area contributed by atoms with E-state index in [1.165, 1.54) is 9.08 Å². The summed E-state index contributed by atoms with van der Waals surface area (Å²) in [5.74, 6) is 1.15. The Bertz CT molecular complexity index is 1130. The first-order valence-electron chi connectivity index (χ1n) is 9.40. The van der Waals surface area contributed by atoms with Gasteiger partial charge in [-0.25, -0.2) is 13.9 Å². The van der Waals surface area contributed by atoms with Crippen molar-refractivity contribution >= 4 is 11.6 Å². The highest BCUT2D eigenvalue weighted by atomic mass is 19.4. The van der Waals surface area contributed by atoms with Crippen molar-refractivity contribution in [3.63, 3.8) is 0 Å². The summed E-state index contributed by atoms with van der Waals surface area (Å²) >= 11 is 0. The number of halogens is 3. The lowest BCUT2D eigenvalue weighted by Gasteiger charge is -2.30. The SMILES string of the molecule is Cc1cn2c(=O)n(CC(C)C)nc2nc1N1CCc2ncc(C(F)(F)F)cc2C1. The van der Waals surface area contributed by atoms with Gasteiger partial charge >= 0.3 is 11.9 Å². The molecule has 0 atom stereocenters. The van der Waals surface area contributed by atoms with Gasteiger partial charge in [0.05, 0.1) is 5.56 Å². The highest BCUT2D eigenvalue weighted by Crippen LogP contribution is 2.32. The average molecular weight is 406 g/mol. The van der Waals surface area contributed by atoms with Crippen molar-refractivity contribution in [3.05, 3.63) is 51.3 Å². The Morgan fingerprint density at radius 2 is 2.03 bits per heavy atom. The second-order valence-electron chi connectivity index (χ2n) is 7.78. The van der Waals surface area contributed by atoms with Crippen molar-refractivity contribution < 1.29 is 13.2 Å². The maximum Gasteiger partial charge on any atom is 0.417 e. The normalized spacial score (nSPS) is 14.7. The number of alkyl halides is 3. The van der Waals surface area contributed by atoms with E-state index in [4.69, 9.17) is 0 Å². The van der Waals surface area contributed by atoms with Crippen molar-refractivity contribution in [2.24, 2.45) is 5.92 Å². The number of rotatable bonds is 3. The number of hydrogen-bond donors (Lipinski definition) is 0. The smallest absolute Gasteiger partial charge is 0.351 e. The van der Waals surface area contributed by atoms with E-state index in [-0.39, 0.29) is 23.9 Å². The molecule has 0 N–H and O–H groups in total. The summed E-state index contributed by atoms with van der Waals surface area (Å²) in [6, 6.07) is 1.16. The van der Waals surface area contributed by atoms with Crippen molar-refractivity contribution in [1.29, 1.82) is 0 Å². The summed E-state index contributed by atoms with van der Waals surface area (Å²) in [6.45, 7) is 7.15. The van der Waals surface area contributed by atoms with E-state index in [9.17, 15) is 18.0 Å². The van der Waals surface area contributed by atoms with E-state index >= 15 is 0 Å². The summed E-state index contributed by atoms with van der Waals surface area (Å²) in [6.07, 6.45) is -1.34. The lowest BCUT2D eigenvalue weighted by Crippen LogP contribution is -2.33. The lowest BCUT2D eigenvalue weighted by molar-refractivity contribution is -0.137. The van der Waals surface area contributed by atoms with E-state index in [2.05, 4.69) is 15.1 Å². The van der Waals surface area contributed by atoms with Gasteiger partial charge in [0.1, 0.15) is 5.82 Å². The van der Waals surface area contributed by atoms with Crippen LogP contribution in [0, 0.1) is 12.8 Å². The third kappa shape index (κ3) is 3.58. The van der Waals surface area contributed by atoms with Gasteiger partial charge in [-0.3, -0.25) is 4.98 Å². The van der Waals surface area contributed by atoms with Crippen LogP contribution in [0.5, 0.6) is 0 Å². The number of fused-ring (bicyclic) bond motifs is 2. The van der Waals surface area contributed by atoms with Crippen LogP contribution < -0.4 is 10.6 Å². The molecule has 0 saturated carbocycles. The van der Waals surface area contributed by atoms with Gasteiger partial charge in [-0.1, -0.05) is 13.8 Å². The average Bonchev–Trinajstić information content (AvgIpc) is 2.94. The number of hydrogen-bond acceptors (Lipinski definition) is 5. The van der Waals surface area contributed by atoms with Gasteiger partial charge in [0.2, 0.25) is 0 Å². The zero-order chi connectivity index (χ0) is 20.9. The fourth-order valence-corrected chi connectivity index (χ4v) is 3.58. The second kappa shape index (κ2) is 6.85. The lowest BCUT2D eigenvalue weighted by atomic mass is 10.0. The van der Waals surface area contributed by atoms with E-state index in [0.29, 0.717) is 36.6 Å². The van der Waals surface area contributed by atoms with Crippen molar-refractivity contribution in [2.75, 3.05) is 11.4 Å². The first-order chi connectivity index (χ1) is 13.6. The Morgan fingerprint density at radius 1 is 1.28 bits per heavy atom. The van der Waals surface area contributed by atoms with Gasteiger partial charge in [0, 0.05) is 49.7 Å². The molecule has 0 unspecified atom stereocenters. The molecule has 1 aliphatic rings. The summed E-state index contributed by atoms with van der Waals surface area (Å²) < 4.78 is 41.9. The van der Waals surface area contributed by atoms with Crippen LogP contribution in [0.2, 0.25) is 0 Å². The molecule has 154 valence electrons. The van der Waals surface area contributed by atoms with Crippen LogP contribution in [0.1, 0.15) is 36.2 Å². The Morgan fingerprint density at radius 3 is 2.72 bits per heavy atom. The topological polar surface area (TPSA) is 68.3 Å². The maximum atomic E-state index is 13.0. The van der Waals surface area contributed by atoms with Crippen LogP contribution in [0.25, 0.3) is 5.78 Å². The van der Waals surface area contributed by atoms with Crippen molar-refractivity contribution in [3.8, 4) is 0 Å². The molecule has 3 aromatic rings. The Labute approximate surface area is 164 Å². The van der Waals surface area contributed by atoms with Gasteiger partial charge in [0.15, 0.2) is 0 Å². The van der Waals surface area contributed by atoms with Crippen LogP contribution in [0.3, 0.4) is 0 Å². The molecule has 0 spiro atoms. The third-order valence-electron chi connectivity index (χ3n) is 4.94. The molecule has 0 bridgehead atoms. The molecule has 0 aliphatic carbocycles. The van der Waals surface area contributed by atoms with Crippen molar-refractivity contribution in [1.82, 2.24) is 24.1 Å². The predicted molar refractivity (Wildman–Crippen MR) is 101 cm³/mol. The Hall–Kier alpha value is -2.91. The minimum absolute atomic E-state index is 0.251. The molecule has 4 rings (SSSR count). The first-order valence-corrected chi connectivity index (χ1v) is 9.40. The van der Waals surface area contributed by atoms with Gasteiger partial charge in [-0.15, -0.1) is 5.10 Å². The molecular formula is C19H21F3N6O. The summed E-state index contributed by atoms with van der Waals surface area (Å²) in [7, 11) is 0. The van der Waals surface area contributed by atoms with Gasteiger partial charge in [-0.05, 0) is 24.5 Å². The summed E-state index contributed by atoms with van der Waals surface area (Å²) in [5, 5.41) is 4.31. The molecule has 7 nitrogen and oxygen atoms in total. The summed E-state index contributed by atoms with van der Waals surface area (Å²) in [4.78, 5) is 22.9. The van der Waals surface area contributed by atoms with Crippen LogP contribution >= 0.6 is 0 Å².